The zero-order valence-electron chi connectivity index (χ0n) is 9.90. The molecule has 0 aromatic carbocycles. The highest BCUT2D eigenvalue weighted by Crippen LogP contribution is 2.07. The molecule has 0 aliphatic heterocycles. The van der Waals surface area contributed by atoms with E-state index in [0.29, 0.717) is 5.41 Å². The van der Waals surface area contributed by atoms with Crippen LogP contribution >= 0.6 is 0 Å². The first-order valence-corrected chi connectivity index (χ1v) is 5.38. The molecule has 0 rings (SSSR count). The van der Waals surface area contributed by atoms with Crippen LogP contribution in [0.15, 0.2) is 0 Å². The molecule has 0 aromatic rings. The van der Waals surface area contributed by atoms with Gasteiger partial charge in [0.2, 0.25) is 0 Å². The van der Waals surface area contributed by atoms with E-state index in [0.717, 1.165) is 13.1 Å². The van der Waals surface area contributed by atoms with Crippen molar-refractivity contribution in [3.8, 4) is 0 Å². The van der Waals surface area contributed by atoms with Gasteiger partial charge in [0.15, 0.2) is 0 Å². The van der Waals surface area contributed by atoms with E-state index in [9.17, 15) is 0 Å². The summed E-state index contributed by atoms with van der Waals surface area (Å²) in [5.41, 5.74) is 10.9. The first-order chi connectivity index (χ1) is 5.97. The molecule has 2 heteroatoms. The van der Waals surface area contributed by atoms with Crippen molar-refractivity contribution in [2.75, 3.05) is 13.1 Å². The maximum absolute atomic E-state index is 5.31. The van der Waals surface area contributed by atoms with E-state index in [1.807, 2.05) is 0 Å². The van der Waals surface area contributed by atoms with E-state index in [4.69, 9.17) is 11.5 Å². The maximum Gasteiger partial charge on any atom is -0.00285 e. The molecule has 82 valence electrons. The van der Waals surface area contributed by atoms with Gasteiger partial charge < -0.3 is 11.5 Å². The Kier molecular flexibility index (Phi) is 11.8. The van der Waals surface area contributed by atoms with Crippen LogP contribution in [0.2, 0.25) is 0 Å². The maximum atomic E-state index is 5.31. The van der Waals surface area contributed by atoms with Crippen molar-refractivity contribution < 1.29 is 0 Å². The SMILES string of the molecule is CC(C)(C)CN.CCCCCCN. The topological polar surface area (TPSA) is 52.0 Å². The molecular weight excluding hydrogens is 160 g/mol. The van der Waals surface area contributed by atoms with Crippen molar-refractivity contribution in [1.82, 2.24) is 0 Å². The Hall–Kier alpha value is -0.0800. The number of hydrogen-bond donors (Lipinski definition) is 2. The molecule has 0 saturated carbocycles. The Labute approximate surface area is 84.1 Å². The highest BCUT2D eigenvalue weighted by Gasteiger charge is 2.03. The third kappa shape index (κ3) is 24.5. The molecule has 0 atom stereocenters. The minimum Gasteiger partial charge on any atom is -0.330 e. The van der Waals surface area contributed by atoms with Crippen LogP contribution in [0.5, 0.6) is 0 Å². The van der Waals surface area contributed by atoms with Crippen LogP contribution in [0.4, 0.5) is 0 Å². The summed E-state index contributed by atoms with van der Waals surface area (Å²) in [5, 5.41) is 0. The van der Waals surface area contributed by atoms with Gasteiger partial charge in [0.05, 0.1) is 0 Å². The Balaban J connectivity index is 0. The molecule has 2 nitrogen and oxygen atoms in total. The molecule has 0 aliphatic rings. The largest absolute Gasteiger partial charge is 0.330 e. The van der Waals surface area contributed by atoms with Crippen molar-refractivity contribution >= 4 is 0 Å². The Morgan fingerprint density at radius 2 is 1.38 bits per heavy atom. The van der Waals surface area contributed by atoms with E-state index >= 15 is 0 Å². The summed E-state index contributed by atoms with van der Waals surface area (Å²) in [4.78, 5) is 0. The van der Waals surface area contributed by atoms with E-state index in [1.54, 1.807) is 0 Å². The summed E-state index contributed by atoms with van der Waals surface area (Å²) in [7, 11) is 0. The van der Waals surface area contributed by atoms with Gasteiger partial charge in [-0.1, -0.05) is 47.0 Å². The van der Waals surface area contributed by atoms with Crippen molar-refractivity contribution in [2.24, 2.45) is 16.9 Å². The van der Waals surface area contributed by atoms with Gasteiger partial charge in [-0.2, -0.15) is 0 Å². The molecule has 4 N–H and O–H groups in total. The lowest BCUT2D eigenvalue weighted by Gasteiger charge is -2.12. The van der Waals surface area contributed by atoms with Crippen molar-refractivity contribution in [1.29, 1.82) is 0 Å². The lowest BCUT2D eigenvalue weighted by molar-refractivity contribution is 0.428. The molecule has 0 bridgehead atoms. The van der Waals surface area contributed by atoms with Crippen LogP contribution in [0.25, 0.3) is 0 Å². The number of nitrogens with two attached hydrogens (primary N) is 2. The normalized spacial score (nSPS) is 10.6. The molecule has 0 amide bonds. The first kappa shape index (κ1) is 15.4. The molecule has 0 heterocycles. The third-order valence-electron chi connectivity index (χ3n) is 1.67. The molecule has 0 radical (unpaired) electrons. The minimum atomic E-state index is 0.319. The average Bonchev–Trinajstić information content (AvgIpc) is 2.06. The molecular formula is C11H28N2. The molecule has 0 aliphatic carbocycles. The second-order valence-corrected chi connectivity index (χ2v) is 4.61. The van der Waals surface area contributed by atoms with Crippen molar-refractivity contribution in [3.05, 3.63) is 0 Å². The summed E-state index contributed by atoms with van der Waals surface area (Å²) in [6.07, 6.45) is 5.16. The molecule has 0 unspecified atom stereocenters. The lowest BCUT2D eigenvalue weighted by Crippen LogP contribution is -2.18. The van der Waals surface area contributed by atoms with Gasteiger partial charge in [0.1, 0.15) is 0 Å². The van der Waals surface area contributed by atoms with Crippen LogP contribution in [-0.4, -0.2) is 13.1 Å². The predicted molar refractivity (Wildman–Crippen MR) is 61.7 cm³/mol. The standard InChI is InChI=1S/C6H15N.C5H13N/c1-2-3-4-5-6-7;1-5(2,3)4-6/h2-7H2,1H3;4,6H2,1-3H3. The monoisotopic (exact) mass is 188 g/mol. The van der Waals surface area contributed by atoms with Gasteiger partial charge in [-0.3, -0.25) is 0 Å². The van der Waals surface area contributed by atoms with E-state index < -0.39 is 0 Å². The molecule has 13 heavy (non-hydrogen) atoms. The number of rotatable bonds is 4. The van der Waals surface area contributed by atoms with E-state index in [-0.39, 0.29) is 0 Å². The summed E-state index contributed by atoms with van der Waals surface area (Å²) < 4.78 is 0. The van der Waals surface area contributed by atoms with Gasteiger partial charge >= 0.3 is 0 Å². The number of hydrogen-bond acceptors (Lipinski definition) is 2. The predicted octanol–water partition coefficient (Wildman–Crippen LogP) is 2.52. The van der Waals surface area contributed by atoms with Crippen LogP contribution in [-0.2, 0) is 0 Å². The lowest BCUT2D eigenvalue weighted by atomic mass is 9.98. The second kappa shape index (κ2) is 10.0. The van der Waals surface area contributed by atoms with E-state index in [1.165, 1.54) is 25.7 Å². The quantitative estimate of drug-likeness (QED) is 0.666. The van der Waals surface area contributed by atoms with Gasteiger partial charge in [-0.15, -0.1) is 0 Å². The number of unbranched alkanes of at least 4 members (excludes halogenated alkanes) is 3. The van der Waals surface area contributed by atoms with Gasteiger partial charge in [-0.25, -0.2) is 0 Å². The van der Waals surface area contributed by atoms with Gasteiger partial charge in [-0.05, 0) is 24.9 Å². The fraction of sp³-hybridized carbons (Fsp3) is 1.00. The van der Waals surface area contributed by atoms with Crippen molar-refractivity contribution in [3.63, 3.8) is 0 Å². The Morgan fingerprint density at radius 3 is 1.62 bits per heavy atom. The summed E-state index contributed by atoms with van der Waals surface area (Å²) >= 11 is 0. The van der Waals surface area contributed by atoms with Crippen molar-refractivity contribution in [2.45, 2.75) is 53.4 Å². The Bertz CT molecular complexity index is 80.6. The summed E-state index contributed by atoms with van der Waals surface area (Å²) in [5.74, 6) is 0. The fourth-order valence-corrected chi connectivity index (χ4v) is 0.571. The first-order valence-electron chi connectivity index (χ1n) is 5.38. The zero-order valence-corrected chi connectivity index (χ0v) is 9.90. The highest BCUT2D eigenvalue weighted by molar-refractivity contribution is 4.59. The molecule has 0 aromatic heterocycles. The Morgan fingerprint density at radius 1 is 0.923 bits per heavy atom. The third-order valence-corrected chi connectivity index (χ3v) is 1.67. The van der Waals surface area contributed by atoms with Gasteiger partial charge in [0.25, 0.3) is 0 Å². The fourth-order valence-electron chi connectivity index (χ4n) is 0.571. The molecule has 0 fully saturated rings. The van der Waals surface area contributed by atoms with E-state index in [2.05, 4.69) is 27.7 Å². The molecule has 0 saturated heterocycles. The zero-order chi connectivity index (χ0) is 10.7. The van der Waals surface area contributed by atoms with Crippen LogP contribution < -0.4 is 11.5 Å². The summed E-state index contributed by atoms with van der Waals surface area (Å²) in [6.45, 7) is 10.2. The average molecular weight is 188 g/mol. The smallest absolute Gasteiger partial charge is 0.00285 e. The van der Waals surface area contributed by atoms with Gasteiger partial charge in [0, 0.05) is 0 Å². The van der Waals surface area contributed by atoms with Crippen LogP contribution in [0.1, 0.15) is 53.4 Å². The minimum absolute atomic E-state index is 0.319. The highest BCUT2D eigenvalue weighted by atomic mass is 14.6. The summed E-state index contributed by atoms with van der Waals surface area (Å²) in [6, 6.07) is 0. The van der Waals surface area contributed by atoms with Crippen LogP contribution in [0.3, 0.4) is 0 Å². The second-order valence-electron chi connectivity index (χ2n) is 4.61. The van der Waals surface area contributed by atoms with Crippen LogP contribution in [0, 0.1) is 5.41 Å². The molecule has 0 spiro atoms.